The topological polar surface area (TPSA) is 41.1 Å². The van der Waals surface area contributed by atoms with Crippen LogP contribution in [0, 0.1) is 5.41 Å². The molecule has 106 valence electrons. The molecule has 0 bridgehead atoms. The molecule has 1 aliphatic heterocycles. The van der Waals surface area contributed by atoms with E-state index < -0.39 is 0 Å². The summed E-state index contributed by atoms with van der Waals surface area (Å²) in [5.41, 5.74) is 0.463. The first-order valence-corrected chi connectivity index (χ1v) is 7.42. The van der Waals surface area contributed by atoms with E-state index in [1.54, 1.807) is 0 Å². The highest BCUT2D eigenvalue weighted by Crippen LogP contribution is 2.31. The van der Waals surface area contributed by atoms with Crippen LogP contribution in [0.5, 0.6) is 0 Å². The van der Waals surface area contributed by atoms with Gasteiger partial charge in [-0.2, -0.15) is 4.98 Å². The normalized spacial score (nSPS) is 19.0. The average molecular weight is 262 g/mol. The summed E-state index contributed by atoms with van der Waals surface area (Å²) in [5, 5.41) is 3.26. The summed E-state index contributed by atoms with van der Waals surface area (Å²) >= 11 is 0. The molecule has 0 amide bonds. The predicted molar refractivity (Wildman–Crippen MR) is 80.7 cm³/mol. The molecule has 4 nitrogen and oxygen atoms in total. The van der Waals surface area contributed by atoms with Crippen molar-refractivity contribution < 1.29 is 0 Å². The van der Waals surface area contributed by atoms with Crippen molar-refractivity contribution in [3.8, 4) is 0 Å². The molecule has 1 N–H and O–H groups in total. The zero-order valence-corrected chi connectivity index (χ0v) is 12.4. The van der Waals surface area contributed by atoms with Crippen LogP contribution >= 0.6 is 0 Å². The second-order valence-corrected chi connectivity index (χ2v) is 6.17. The maximum absolute atomic E-state index is 4.63. The van der Waals surface area contributed by atoms with Gasteiger partial charge in [0.25, 0.3) is 0 Å². The van der Waals surface area contributed by atoms with Gasteiger partial charge in [0, 0.05) is 25.8 Å². The molecule has 1 aromatic heterocycles. The Morgan fingerprint density at radius 2 is 2.16 bits per heavy atom. The average Bonchev–Trinajstić information content (AvgIpc) is 2.58. The van der Waals surface area contributed by atoms with Crippen LogP contribution in [0.4, 0.5) is 11.8 Å². The number of aromatic nitrogens is 2. The maximum Gasteiger partial charge on any atom is 0.224 e. The van der Waals surface area contributed by atoms with Crippen molar-refractivity contribution in [3.63, 3.8) is 0 Å². The standard InChI is InChI=1S/C15H26N4/c1-4-9-16-14-17-10-6-13(18-14)19-11-5-7-15(2,3)8-12-19/h6,10H,4-5,7-9,11-12H2,1-3H3,(H,16,17,18). The molecule has 1 fully saturated rings. The van der Waals surface area contributed by atoms with E-state index in [0.29, 0.717) is 5.41 Å². The highest BCUT2D eigenvalue weighted by molar-refractivity contribution is 5.42. The largest absolute Gasteiger partial charge is 0.356 e. The minimum absolute atomic E-state index is 0.463. The third-order valence-electron chi connectivity index (χ3n) is 3.84. The second-order valence-electron chi connectivity index (χ2n) is 6.17. The first-order chi connectivity index (χ1) is 9.11. The third-order valence-corrected chi connectivity index (χ3v) is 3.84. The van der Waals surface area contributed by atoms with Gasteiger partial charge in [-0.05, 0) is 37.2 Å². The van der Waals surface area contributed by atoms with Gasteiger partial charge in [-0.15, -0.1) is 0 Å². The Kier molecular flexibility index (Phi) is 4.61. The van der Waals surface area contributed by atoms with Crippen LogP contribution in [0.25, 0.3) is 0 Å². The van der Waals surface area contributed by atoms with Crippen LogP contribution in [0.1, 0.15) is 46.5 Å². The van der Waals surface area contributed by atoms with Gasteiger partial charge >= 0.3 is 0 Å². The summed E-state index contributed by atoms with van der Waals surface area (Å²) in [5.74, 6) is 1.81. The number of nitrogens with zero attached hydrogens (tertiary/aromatic N) is 3. The van der Waals surface area contributed by atoms with E-state index in [4.69, 9.17) is 0 Å². The van der Waals surface area contributed by atoms with E-state index in [-0.39, 0.29) is 0 Å². The lowest BCUT2D eigenvalue weighted by atomic mass is 9.85. The molecule has 19 heavy (non-hydrogen) atoms. The molecule has 2 rings (SSSR count). The summed E-state index contributed by atoms with van der Waals surface area (Å²) in [7, 11) is 0. The summed E-state index contributed by atoms with van der Waals surface area (Å²) in [4.78, 5) is 11.3. The Hall–Kier alpha value is -1.32. The van der Waals surface area contributed by atoms with Crippen LogP contribution < -0.4 is 10.2 Å². The molecule has 4 heteroatoms. The molecule has 0 radical (unpaired) electrons. The van der Waals surface area contributed by atoms with E-state index in [1.807, 2.05) is 12.3 Å². The van der Waals surface area contributed by atoms with E-state index in [0.717, 1.165) is 37.8 Å². The van der Waals surface area contributed by atoms with Crippen molar-refractivity contribution in [3.05, 3.63) is 12.3 Å². The van der Waals surface area contributed by atoms with Gasteiger partial charge in [0.15, 0.2) is 0 Å². The van der Waals surface area contributed by atoms with E-state index in [2.05, 4.69) is 41.0 Å². The lowest BCUT2D eigenvalue weighted by Gasteiger charge is -2.24. The molecule has 1 aromatic rings. The number of hydrogen-bond acceptors (Lipinski definition) is 4. The quantitative estimate of drug-likeness (QED) is 0.903. The minimum Gasteiger partial charge on any atom is -0.356 e. The van der Waals surface area contributed by atoms with Gasteiger partial charge in [-0.3, -0.25) is 0 Å². The van der Waals surface area contributed by atoms with Crippen LogP contribution in [-0.2, 0) is 0 Å². The first kappa shape index (κ1) is 14.1. The molecule has 1 saturated heterocycles. The van der Waals surface area contributed by atoms with E-state index in [9.17, 15) is 0 Å². The van der Waals surface area contributed by atoms with Crippen LogP contribution in [0.15, 0.2) is 12.3 Å². The number of nitrogens with one attached hydrogen (secondary N) is 1. The molecule has 1 aliphatic rings. The van der Waals surface area contributed by atoms with Gasteiger partial charge in [0.2, 0.25) is 5.95 Å². The summed E-state index contributed by atoms with van der Waals surface area (Å²) < 4.78 is 0. The molecule has 0 atom stereocenters. The second kappa shape index (κ2) is 6.22. The molecular formula is C15H26N4. The third kappa shape index (κ3) is 4.08. The van der Waals surface area contributed by atoms with Crippen molar-refractivity contribution >= 4 is 11.8 Å². The van der Waals surface area contributed by atoms with Crippen LogP contribution in [0.3, 0.4) is 0 Å². The SMILES string of the molecule is CCCNc1nccc(N2CCCC(C)(C)CC2)n1. The Morgan fingerprint density at radius 1 is 1.32 bits per heavy atom. The maximum atomic E-state index is 4.63. The van der Waals surface area contributed by atoms with Crippen molar-refractivity contribution in [1.29, 1.82) is 0 Å². The Bertz CT molecular complexity index is 403. The smallest absolute Gasteiger partial charge is 0.224 e. The lowest BCUT2D eigenvalue weighted by Crippen LogP contribution is -2.26. The van der Waals surface area contributed by atoms with Gasteiger partial charge < -0.3 is 10.2 Å². The summed E-state index contributed by atoms with van der Waals surface area (Å²) in [6.07, 6.45) is 6.72. The van der Waals surface area contributed by atoms with Gasteiger partial charge in [0.05, 0.1) is 0 Å². The molecule has 0 saturated carbocycles. The fourth-order valence-corrected chi connectivity index (χ4v) is 2.50. The predicted octanol–water partition coefficient (Wildman–Crippen LogP) is 3.32. The molecular weight excluding hydrogens is 236 g/mol. The van der Waals surface area contributed by atoms with Crippen LogP contribution in [0.2, 0.25) is 0 Å². The molecule has 0 aromatic carbocycles. The van der Waals surface area contributed by atoms with Gasteiger partial charge in [-0.25, -0.2) is 4.98 Å². The summed E-state index contributed by atoms with van der Waals surface area (Å²) in [6.45, 7) is 10.0. The number of rotatable bonds is 4. The lowest BCUT2D eigenvalue weighted by molar-refractivity contribution is 0.325. The fraction of sp³-hybridized carbons (Fsp3) is 0.733. The van der Waals surface area contributed by atoms with Crippen molar-refractivity contribution in [1.82, 2.24) is 9.97 Å². The molecule has 0 spiro atoms. The van der Waals surface area contributed by atoms with E-state index >= 15 is 0 Å². The first-order valence-electron chi connectivity index (χ1n) is 7.42. The highest BCUT2D eigenvalue weighted by Gasteiger charge is 2.23. The van der Waals surface area contributed by atoms with Gasteiger partial charge in [-0.1, -0.05) is 20.8 Å². The Morgan fingerprint density at radius 3 is 2.95 bits per heavy atom. The highest BCUT2D eigenvalue weighted by atomic mass is 15.2. The zero-order chi connectivity index (χ0) is 13.7. The van der Waals surface area contributed by atoms with E-state index in [1.165, 1.54) is 19.3 Å². The number of hydrogen-bond donors (Lipinski definition) is 1. The molecule has 2 heterocycles. The Balaban J connectivity index is 2.04. The fourth-order valence-electron chi connectivity index (χ4n) is 2.50. The zero-order valence-electron chi connectivity index (χ0n) is 12.4. The van der Waals surface area contributed by atoms with Crippen molar-refractivity contribution in [2.75, 3.05) is 29.9 Å². The van der Waals surface area contributed by atoms with Crippen LogP contribution in [-0.4, -0.2) is 29.6 Å². The molecule has 0 aliphatic carbocycles. The minimum atomic E-state index is 0.463. The monoisotopic (exact) mass is 262 g/mol. The summed E-state index contributed by atoms with van der Waals surface area (Å²) in [6, 6.07) is 2.02. The van der Waals surface area contributed by atoms with Crippen molar-refractivity contribution in [2.24, 2.45) is 5.41 Å². The van der Waals surface area contributed by atoms with Gasteiger partial charge in [0.1, 0.15) is 5.82 Å². The number of anilines is 2. The molecule has 0 unspecified atom stereocenters. The Labute approximate surface area is 116 Å². The van der Waals surface area contributed by atoms with Crippen molar-refractivity contribution in [2.45, 2.75) is 46.5 Å².